The third kappa shape index (κ3) is 2.99. The molecule has 1 aromatic rings. The number of hydrogen-bond donors (Lipinski definition) is 3. The van der Waals surface area contributed by atoms with Crippen LogP contribution in [0.5, 0.6) is 0 Å². The number of carbonyl (C=O) groups is 2. The van der Waals surface area contributed by atoms with Crippen LogP contribution >= 0.6 is 0 Å². The van der Waals surface area contributed by atoms with Crippen LogP contribution in [0.15, 0.2) is 18.3 Å². The molecule has 1 heterocycles. The van der Waals surface area contributed by atoms with Gasteiger partial charge in [-0.05, 0) is 17.7 Å². The molecule has 1 aromatic heterocycles. The van der Waals surface area contributed by atoms with Gasteiger partial charge in [0.2, 0.25) is 0 Å². The number of nitrogens with zero attached hydrogens (tertiary/aromatic N) is 1. The first kappa shape index (κ1) is 13.1. The summed E-state index contributed by atoms with van der Waals surface area (Å²) in [7, 11) is 1.06. The van der Waals surface area contributed by atoms with Gasteiger partial charge in [-0.15, -0.1) is 0 Å². The highest BCUT2D eigenvalue weighted by molar-refractivity contribution is 5.85. The minimum Gasteiger partial charge on any atom is -0.477 e. The molecule has 7 heteroatoms. The van der Waals surface area contributed by atoms with Crippen LogP contribution in [0, 0.1) is 0 Å². The number of aromatic carboxylic acids is 1. The molecule has 3 N–H and O–H groups in total. The van der Waals surface area contributed by atoms with E-state index in [1.54, 1.807) is 0 Å². The van der Waals surface area contributed by atoms with Gasteiger partial charge >= 0.3 is 11.9 Å². The van der Waals surface area contributed by atoms with Crippen molar-refractivity contribution in [2.75, 3.05) is 7.11 Å². The number of carbonyl (C=O) groups excluding carboxylic acids is 1. The number of carboxylic acid groups (broad SMARTS) is 1. The van der Waals surface area contributed by atoms with E-state index < -0.39 is 24.1 Å². The first-order valence-corrected chi connectivity index (χ1v) is 4.60. The van der Waals surface area contributed by atoms with E-state index in [1.165, 1.54) is 6.07 Å². The molecular formula is C10H11NO6. The summed E-state index contributed by atoms with van der Waals surface area (Å²) in [6.07, 6.45) is -2.18. The lowest BCUT2D eigenvalue weighted by Crippen LogP contribution is -2.29. The monoisotopic (exact) mass is 241 g/mol. The van der Waals surface area contributed by atoms with E-state index >= 15 is 0 Å². The van der Waals surface area contributed by atoms with Crippen molar-refractivity contribution in [1.82, 2.24) is 4.98 Å². The summed E-state index contributed by atoms with van der Waals surface area (Å²) in [6, 6.07) is 2.36. The van der Waals surface area contributed by atoms with Crippen molar-refractivity contribution in [1.29, 1.82) is 0 Å². The van der Waals surface area contributed by atoms with E-state index in [0.717, 1.165) is 19.4 Å². The molecule has 0 saturated heterocycles. The molecule has 0 saturated carbocycles. The van der Waals surface area contributed by atoms with Crippen LogP contribution in [-0.2, 0) is 9.53 Å². The molecule has 0 aliphatic heterocycles. The lowest BCUT2D eigenvalue weighted by molar-refractivity contribution is -0.156. The number of aliphatic hydroxyl groups is 2. The molecule has 0 amide bonds. The quantitative estimate of drug-likeness (QED) is 0.599. The van der Waals surface area contributed by atoms with Crippen molar-refractivity contribution >= 4 is 11.9 Å². The van der Waals surface area contributed by atoms with Gasteiger partial charge < -0.3 is 20.1 Å². The molecule has 2 atom stereocenters. The number of aromatic nitrogens is 1. The molecule has 0 spiro atoms. The summed E-state index contributed by atoms with van der Waals surface area (Å²) in [6.45, 7) is 0. The van der Waals surface area contributed by atoms with Crippen molar-refractivity contribution in [3.05, 3.63) is 29.6 Å². The Labute approximate surface area is 96.3 Å². The van der Waals surface area contributed by atoms with E-state index in [0.29, 0.717) is 0 Å². The Balaban J connectivity index is 2.96. The fourth-order valence-corrected chi connectivity index (χ4v) is 1.18. The van der Waals surface area contributed by atoms with E-state index in [-0.39, 0.29) is 11.3 Å². The normalized spacial score (nSPS) is 13.8. The smallest absolute Gasteiger partial charge is 0.354 e. The summed E-state index contributed by atoms with van der Waals surface area (Å²) in [4.78, 5) is 25.2. The second-order valence-corrected chi connectivity index (χ2v) is 3.19. The second-order valence-electron chi connectivity index (χ2n) is 3.19. The van der Waals surface area contributed by atoms with Crippen molar-refractivity contribution in [2.45, 2.75) is 12.2 Å². The fraction of sp³-hybridized carbons (Fsp3) is 0.300. The lowest BCUT2D eigenvalue weighted by atomic mass is 10.0. The predicted octanol–water partition coefficient (Wildman–Crippen LogP) is -0.653. The van der Waals surface area contributed by atoms with Crippen LogP contribution in [0.1, 0.15) is 22.2 Å². The Morgan fingerprint density at radius 3 is 2.59 bits per heavy atom. The van der Waals surface area contributed by atoms with Gasteiger partial charge in [-0.2, -0.15) is 0 Å². The fourth-order valence-electron chi connectivity index (χ4n) is 1.18. The molecule has 2 unspecified atom stereocenters. The SMILES string of the molecule is COC(=O)C(O)C(O)c1ccnc(C(=O)O)c1. The molecule has 0 radical (unpaired) electrons. The molecule has 17 heavy (non-hydrogen) atoms. The summed E-state index contributed by atoms with van der Waals surface area (Å²) in [5.41, 5.74) is -0.228. The van der Waals surface area contributed by atoms with Gasteiger partial charge in [-0.1, -0.05) is 0 Å². The minimum absolute atomic E-state index is 0.0651. The van der Waals surface area contributed by atoms with Gasteiger partial charge in [0.15, 0.2) is 6.10 Å². The van der Waals surface area contributed by atoms with Gasteiger partial charge in [0.05, 0.1) is 7.11 Å². The van der Waals surface area contributed by atoms with Crippen LogP contribution in [0.4, 0.5) is 0 Å². The molecule has 0 fully saturated rings. The maximum Gasteiger partial charge on any atom is 0.354 e. The van der Waals surface area contributed by atoms with E-state index in [4.69, 9.17) is 5.11 Å². The number of rotatable bonds is 4. The highest BCUT2D eigenvalue weighted by atomic mass is 16.5. The average molecular weight is 241 g/mol. The summed E-state index contributed by atoms with van der Waals surface area (Å²) < 4.78 is 4.25. The van der Waals surface area contributed by atoms with Crippen LogP contribution in [-0.4, -0.2) is 45.5 Å². The van der Waals surface area contributed by atoms with E-state index in [2.05, 4.69) is 9.72 Å². The van der Waals surface area contributed by atoms with Gasteiger partial charge in [0.25, 0.3) is 0 Å². The standard InChI is InChI=1S/C10H11NO6/c1-17-10(16)8(13)7(12)5-2-3-11-6(4-5)9(14)15/h2-4,7-8,12-13H,1H3,(H,14,15). The first-order chi connectivity index (χ1) is 7.97. The van der Waals surface area contributed by atoms with Crippen LogP contribution in [0.3, 0.4) is 0 Å². The van der Waals surface area contributed by atoms with E-state index in [1.807, 2.05) is 0 Å². The Kier molecular flexibility index (Phi) is 4.13. The maximum absolute atomic E-state index is 11.0. The largest absolute Gasteiger partial charge is 0.477 e. The van der Waals surface area contributed by atoms with Crippen LogP contribution < -0.4 is 0 Å². The van der Waals surface area contributed by atoms with E-state index in [9.17, 15) is 19.8 Å². The minimum atomic E-state index is -1.77. The number of methoxy groups -OCH3 is 1. The third-order valence-corrected chi connectivity index (χ3v) is 2.09. The summed E-state index contributed by atoms with van der Waals surface area (Å²) in [5.74, 6) is -2.28. The van der Waals surface area contributed by atoms with Gasteiger partial charge in [0, 0.05) is 6.20 Å². The highest BCUT2D eigenvalue weighted by Gasteiger charge is 2.27. The van der Waals surface area contributed by atoms with Crippen LogP contribution in [0.2, 0.25) is 0 Å². The Morgan fingerprint density at radius 1 is 1.41 bits per heavy atom. The molecule has 1 rings (SSSR count). The van der Waals surface area contributed by atoms with Gasteiger partial charge in [0.1, 0.15) is 11.8 Å². The number of hydrogen-bond acceptors (Lipinski definition) is 6. The number of aliphatic hydroxyl groups excluding tert-OH is 2. The molecular weight excluding hydrogens is 230 g/mol. The van der Waals surface area contributed by atoms with Crippen molar-refractivity contribution in [2.24, 2.45) is 0 Å². The predicted molar refractivity (Wildman–Crippen MR) is 54.2 cm³/mol. The summed E-state index contributed by atoms with van der Waals surface area (Å²) >= 11 is 0. The average Bonchev–Trinajstić information content (AvgIpc) is 2.36. The second kappa shape index (κ2) is 5.37. The lowest BCUT2D eigenvalue weighted by Gasteiger charge is -2.15. The van der Waals surface area contributed by atoms with Gasteiger partial charge in [-0.3, -0.25) is 0 Å². The zero-order chi connectivity index (χ0) is 13.0. The molecule has 92 valence electrons. The topological polar surface area (TPSA) is 117 Å². The van der Waals surface area contributed by atoms with Gasteiger partial charge in [-0.25, -0.2) is 14.6 Å². The molecule has 0 aromatic carbocycles. The molecule has 0 aliphatic rings. The number of ether oxygens (including phenoxy) is 1. The van der Waals surface area contributed by atoms with Crippen molar-refractivity contribution in [3.8, 4) is 0 Å². The third-order valence-electron chi connectivity index (χ3n) is 2.09. The highest BCUT2D eigenvalue weighted by Crippen LogP contribution is 2.18. The Hall–Kier alpha value is -1.99. The number of pyridine rings is 1. The summed E-state index contributed by atoms with van der Waals surface area (Å²) in [5, 5.41) is 27.7. The molecule has 0 aliphatic carbocycles. The Bertz CT molecular complexity index is 433. The molecule has 7 nitrogen and oxygen atoms in total. The Morgan fingerprint density at radius 2 is 2.06 bits per heavy atom. The van der Waals surface area contributed by atoms with Crippen molar-refractivity contribution in [3.63, 3.8) is 0 Å². The first-order valence-electron chi connectivity index (χ1n) is 4.60. The zero-order valence-corrected chi connectivity index (χ0v) is 8.90. The number of esters is 1. The number of carboxylic acids is 1. The van der Waals surface area contributed by atoms with Crippen molar-refractivity contribution < 1.29 is 29.6 Å². The van der Waals surface area contributed by atoms with Crippen LogP contribution in [0.25, 0.3) is 0 Å². The zero-order valence-electron chi connectivity index (χ0n) is 8.90. The maximum atomic E-state index is 11.0. The molecule has 0 bridgehead atoms.